The molecule has 2 aromatic rings. The molecule has 0 aromatic heterocycles. The Kier molecular flexibility index (Phi) is 9.39. The standard InChI is InChI=1S/C30H40FN3O4/c1-19-7-3-8-20(15-19)28-24(10-4-12-25(28)31)23(11-5-13-33-30(37)38-2)21-9-6-14-34(18-21)29(36)22-16-26(32)27(35)17-22/h3-4,7-8,10,12,15,21-23,26-27,35H,5-6,9,11,13-14,16-18,32H2,1-2H3,(H,33,37)/t21-,22+,23+,26-,27+/m1/s1. The first-order valence-corrected chi connectivity index (χ1v) is 13.7. The summed E-state index contributed by atoms with van der Waals surface area (Å²) >= 11 is 0. The van der Waals surface area contributed by atoms with Crippen molar-refractivity contribution in [1.82, 2.24) is 10.2 Å². The van der Waals surface area contributed by atoms with Crippen molar-refractivity contribution in [2.24, 2.45) is 17.6 Å². The molecule has 0 radical (unpaired) electrons. The van der Waals surface area contributed by atoms with Gasteiger partial charge in [0.25, 0.3) is 0 Å². The lowest BCUT2D eigenvalue weighted by Crippen LogP contribution is -2.44. The van der Waals surface area contributed by atoms with Crippen molar-refractivity contribution in [2.45, 2.75) is 63.5 Å². The monoisotopic (exact) mass is 525 g/mol. The summed E-state index contributed by atoms with van der Waals surface area (Å²) in [5.74, 6) is -0.322. The average molecular weight is 526 g/mol. The second-order valence-corrected chi connectivity index (χ2v) is 10.8. The van der Waals surface area contributed by atoms with Gasteiger partial charge in [0.1, 0.15) is 5.82 Å². The number of aliphatic hydroxyl groups excluding tert-OH is 1. The van der Waals surface area contributed by atoms with Crippen LogP contribution in [0.25, 0.3) is 11.1 Å². The van der Waals surface area contributed by atoms with E-state index in [1.807, 2.05) is 42.2 Å². The zero-order valence-corrected chi connectivity index (χ0v) is 22.4. The summed E-state index contributed by atoms with van der Waals surface area (Å²) in [6.45, 7) is 3.71. The lowest BCUT2D eigenvalue weighted by molar-refractivity contribution is -0.137. The molecule has 2 aromatic carbocycles. The maximum absolute atomic E-state index is 15.4. The molecule has 0 spiro atoms. The van der Waals surface area contributed by atoms with E-state index in [2.05, 4.69) is 5.32 Å². The van der Waals surface area contributed by atoms with E-state index < -0.39 is 12.2 Å². The summed E-state index contributed by atoms with van der Waals surface area (Å²) in [5.41, 5.74) is 9.43. The predicted octanol–water partition coefficient (Wildman–Crippen LogP) is 4.36. The van der Waals surface area contributed by atoms with Crippen LogP contribution in [0.5, 0.6) is 0 Å². The first-order valence-electron chi connectivity index (χ1n) is 13.7. The lowest BCUT2D eigenvalue weighted by Gasteiger charge is -2.39. The fraction of sp³-hybridized carbons (Fsp3) is 0.533. The molecule has 1 heterocycles. The highest BCUT2D eigenvalue weighted by molar-refractivity contribution is 5.79. The number of piperidine rings is 1. The summed E-state index contributed by atoms with van der Waals surface area (Å²) in [5, 5.41) is 12.8. The Balaban J connectivity index is 1.61. The van der Waals surface area contributed by atoms with Crippen LogP contribution in [0.2, 0.25) is 0 Å². The summed E-state index contributed by atoms with van der Waals surface area (Å²) < 4.78 is 20.1. The molecule has 1 saturated carbocycles. The Hall–Kier alpha value is -2.97. The number of nitrogens with one attached hydrogen (secondary N) is 1. The minimum Gasteiger partial charge on any atom is -0.453 e. The number of hydrogen-bond acceptors (Lipinski definition) is 5. The number of halogens is 1. The SMILES string of the molecule is COC(=O)NCCC[C@H](c1cccc(F)c1-c1cccc(C)c1)[C@@H]1CCCN(C(=O)[C@H]2C[C@@H](N)[C@@H](O)C2)C1. The highest BCUT2D eigenvalue weighted by Crippen LogP contribution is 2.41. The number of aryl methyl sites for hydroxylation is 1. The van der Waals surface area contributed by atoms with Crippen LogP contribution in [-0.2, 0) is 9.53 Å². The predicted molar refractivity (Wildman–Crippen MR) is 145 cm³/mol. The van der Waals surface area contributed by atoms with Crippen LogP contribution in [0.15, 0.2) is 42.5 Å². The number of nitrogens with zero attached hydrogens (tertiary/aromatic N) is 1. The van der Waals surface area contributed by atoms with Gasteiger partial charge in [0.05, 0.1) is 13.2 Å². The third-order valence-electron chi connectivity index (χ3n) is 8.16. The van der Waals surface area contributed by atoms with Crippen LogP contribution in [-0.4, -0.2) is 60.9 Å². The first kappa shape index (κ1) is 28.0. The minimum absolute atomic E-state index is 0.00677. The molecule has 2 amide bonds. The highest BCUT2D eigenvalue weighted by Gasteiger charge is 2.39. The second kappa shape index (κ2) is 12.7. The number of hydrogen-bond donors (Lipinski definition) is 3. The van der Waals surface area contributed by atoms with Gasteiger partial charge < -0.3 is 25.8 Å². The highest BCUT2D eigenvalue weighted by atomic mass is 19.1. The fourth-order valence-corrected chi connectivity index (χ4v) is 6.23. The number of alkyl carbamates (subject to hydrolysis) is 1. The van der Waals surface area contributed by atoms with E-state index in [0.717, 1.165) is 36.0 Å². The molecule has 0 unspecified atom stereocenters. The van der Waals surface area contributed by atoms with Crippen molar-refractivity contribution >= 4 is 12.0 Å². The fourth-order valence-electron chi connectivity index (χ4n) is 6.23. The molecule has 38 heavy (non-hydrogen) atoms. The van der Waals surface area contributed by atoms with E-state index in [4.69, 9.17) is 10.5 Å². The summed E-state index contributed by atoms with van der Waals surface area (Å²) in [4.78, 5) is 26.9. The molecule has 1 aliphatic heterocycles. The number of likely N-dealkylation sites (tertiary alicyclic amines) is 1. The number of carbonyl (C=O) groups is 2. The van der Waals surface area contributed by atoms with Gasteiger partial charge in [-0.25, -0.2) is 9.18 Å². The normalized spacial score (nSPS) is 24.2. The van der Waals surface area contributed by atoms with Crippen LogP contribution in [0, 0.1) is 24.6 Å². The Morgan fingerprint density at radius 1 is 1.24 bits per heavy atom. The number of amides is 2. The van der Waals surface area contributed by atoms with Gasteiger partial charge in [-0.2, -0.15) is 0 Å². The van der Waals surface area contributed by atoms with Crippen molar-refractivity contribution in [2.75, 3.05) is 26.7 Å². The zero-order valence-electron chi connectivity index (χ0n) is 22.4. The van der Waals surface area contributed by atoms with Gasteiger partial charge in [-0.05, 0) is 74.5 Å². The summed E-state index contributed by atoms with van der Waals surface area (Å²) in [7, 11) is 1.34. The average Bonchev–Trinajstić information content (AvgIpc) is 3.25. The number of benzene rings is 2. The molecule has 2 aliphatic rings. The van der Waals surface area contributed by atoms with E-state index >= 15 is 4.39 Å². The quantitative estimate of drug-likeness (QED) is 0.444. The Morgan fingerprint density at radius 3 is 2.74 bits per heavy atom. The van der Waals surface area contributed by atoms with Crippen molar-refractivity contribution < 1.29 is 23.8 Å². The Labute approximate surface area is 224 Å². The smallest absolute Gasteiger partial charge is 0.406 e. The lowest BCUT2D eigenvalue weighted by atomic mass is 9.75. The number of rotatable bonds is 8. The maximum atomic E-state index is 15.4. The molecule has 5 atom stereocenters. The van der Waals surface area contributed by atoms with E-state index in [1.165, 1.54) is 13.2 Å². The van der Waals surface area contributed by atoms with Crippen LogP contribution in [0.4, 0.5) is 9.18 Å². The molecule has 4 rings (SSSR count). The topological polar surface area (TPSA) is 105 Å². The largest absolute Gasteiger partial charge is 0.453 e. The summed E-state index contributed by atoms with van der Waals surface area (Å²) in [6.07, 6.45) is 3.02. The van der Waals surface area contributed by atoms with Gasteiger partial charge in [0.15, 0.2) is 0 Å². The zero-order chi connectivity index (χ0) is 27.2. The molecule has 206 valence electrons. The van der Waals surface area contributed by atoms with Gasteiger partial charge in [-0.1, -0.05) is 42.0 Å². The number of aliphatic hydroxyl groups is 1. The Morgan fingerprint density at radius 2 is 2.03 bits per heavy atom. The van der Waals surface area contributed by atoms with Crippen molar-refractivity contribution in [3.8, 4) is 11.1 Å². The maximum Gasteiger partial charge on any atom is 0.406 e. The number of carbonyl (C=O) groups excluding carboxylic acids is 2. The van der Waals surface area contributed by atoms with Crippen LogP contribution in [0.1, 0.15) is 55.6 Å². The van der Waals surface area contributed by atoms with Gasteiger partial charge >= 0.3 is 6.09 Å². The van der Waals surface area contributed by atoms with Gasteiger partial charge in [-0.3, -0.25) is 4.79 Å². The molecule has 7 nitrogen and oxygen atoms in total. The number of ether oxygens (including phenoxy) is 1. The van der Waals surface area contributed by atoms with E-state index in [1.54, 1.807) is 6.07 Å². The summed E-state index contributed by atoms with van der Waals surface area (Å²) in [6, 6.07) is 12.8. The third kappa shape index (κ3) is 6.53. The molecular formula is C30H40FN3O4. The molecule has 0 bridgehead atoms. The van der Waals surface area contributed by atoms with Crippen LogP contribution >= 0.6 is 0 Å². The minimum atomic E-state index is -0.635. The van der Waals surface area contributed by atoms with Crippen molar-refractivity contribution in [1.29, 1.82) is 0 Å². The van der Waals surface area contributed by atoms with Gasteiger partial charge in [0.2, 0.25) is 5.91 Å². The second-order valence-electron chi connectivity index (χ2n) is 10.8. The van der Waals surface area contributed by atoms with E-state index in [9.17, 15) is 14.7 Å². The van der Waals surface area contributed by atoms with Crippen molar-refractivity contribution in [3.63, 3.8) is 0 Å². The Bertz CT molecular complexity index is 1120. The van der Waals surface area contributed by atoms with Crippen molar-refractivity contribution in [3.05, 3.63) is 59.4 Å². The number of nitrogens with two attached hydrogens (primary N) is 1. The third-order valence-corrected chi connectivity index (χ3v) is 8.16. The van der Waals surface area contributed by atoms with Crippen LogP contribution < -0.4 is 11.1 Å². The molecule has 4 N–H and O–H groups in total. The van der Waals surface area contributed by atoms with E-state index in [0.29, 0.717) is 44.5 Å². The molecule has 1 aliphatic carbocycles. The van der Waals surface area contributed by atoms with Crippen LogP contribution in [0.3, 0.4) is 0 Å². The number of methoxy groups -OCH3 is 1. The molecule has 1 saturated heterocycles. The van der Waals surface area contributed by atoms with E-state index in [-0.39, 0.29) is 35.5 Å². The van der Waals surface area contributed by atoms with Gasteiger partial charge in [0, 0.05) is 37.2 Å². The molecular weight excluding hydrogens is 485 g/mol. The van der Waals surface area contributed by atoms with Gasteiger partial charge in [-0.15, -0.1) is 0 Å². The molecule has 8 heteroatoms. The first-order chi connectivity index (χ1) is 18.3. The molecule has 2 fully saturated rings.